The molecule has 2 aromatic rings. The normalized spacial score (nSPS) is 11.1. The highest BCUT2D eigenvalue weighted by Gasteiger charge is 2.23. The Hall–Kier alpha value is -2.25. The predicted molar refractivity (Wildman–Crippen MR) is 103 cm³/mol. The lowest BCUT2D eigenvalue weighted by Gasteiger charge is -2.20. The summed E-state index contributed by atoms with van der Waals surface area (Å²) in [6, 6.07) is 10.6. The summed E-state index contributed by atoms with van der Waals surface area (Å²) >= 11 is 6.10. The van der Waals surface area contributed by atoms with Crippen molar-refractivity contribution in [2.45, 2.75) is 18.2 Å². The van der Waals surface area contributed by atoms with Crippen LogP contribution in [0.1, 0.15) is 23.7 Å². The Morgan fingerprint density at radius 1 is 1.19 bits per heavy atom. The van der Waals surface area contributed by atoms with Crippen LogP contribution in [-0.2, 0) is 10.0 Å². The topological polar surface area (TPSA) is 75.7 Å². The lowest BCUT2D eigenvalue weighted by molar-refractivity contribution is 0.0954. The molecule has 2 rings (SSSR count). The Bertz CT molecular complexity index is 883. The Morgan fingerprint density at radius 3 is 2.42 bits per heavy atom. The second-order valence-electron chi connectivity index (χ2n) is 5.57. The molecule has 1 amide bonds. The molecule has 0 aliphatic rings. The van der Waals surface area contributed by atoms with Crippen LogP contribution in [-0.4, -0.2) is 35.0 Å². The molecular formula is C18H21ClN2O4S. The molecular weight excluding hydrogens is 376 g/mol. The molecule has 1 N–H and O–H groups in total. The highest BCUT2D eigenvalue weighted by Crippen LogP contribution is 2.27. The molecule has 0 unspecified atom stereocenters. The Morgan fingerprint density at radius 2 is 1.85 bits per heavy atom. The van der Waals surface area contributed by atoms with E-state index < -0.39 is 10.0 Å². The number of rotatable bonds is 7. The molecule has 0 atom stereocenters. The van der Waals surface area contributed by atoms with Crippen molar-refractivity contribution >= 4 is 33.2 Å². The van der Waals surface area contributed by atoms with E-state index in [0.29, 0.717) is 18.0 Å². The van der Waals surface area contributed by atoms with Crippen molar-refractivity contribution in [3.8, 4) is 5.75 Å². The zero-order chi connectivity index (χ0) is 19.3. The van der Waals surface area contributed by atoms with Gasteiger partial charge in [0, 0.05) is 13.6 Å². The maximum Gasteiger partial charge on any atom is 0.264 e. The van der Waals surface area contributed by atoms with Gasteiger partial charge in [-0.1, -0.05) is 18.5 Å². The summed E-state index contributed by atoms with van der Waals surface area (Å²) in [6.07, 6.45) is 0.787. The van der Waals surface area contributed by atoms with Gasteiger partial charge in [0.1, 0.15) is 5.75 Å². The van der Waals surface area contributed by atoms with Crippen LogP contribution in [0, 0.1) is 0 Å². The summed E-state index contributed by atoms with van der Waals surface area (Å²) in [5.41, 5.74) is 0.571. The molecule has 0 spiro atoms. The smallest absolute Gasteiger partial charge is 0.264 e. The zero-order valence-electron chi connectivity index (χ0n) is 14.8. The van der Waals surface area contributed by atoms with Gasteiger partial charge < -0.3 is 10.1 Å². The molecule has 2 aromatic carbocycles. The van der Waals surface area contributed by atoms with Crippen molar-refractivity contribution in [3.05, 3.63) is 53.1 Å². The van der Waals surface area contributed by atoms with Crippen LogP contribution < -0.4 is 14.4 Å². The number of ether oxygens (including phenoxy) is 1. The minimum absolute atomic E-state index is 0.118. The fourth-order valence-corrected chi connectivity index (χ4v) is 3.65. The Kier molecular flexibility index (Phi) is 6.50. The molecule has 26 heavy (non-hydrogen) atoms. The van der Waals surface area contributed by atoms with E-state index in [9.17, 15) is 13.2 Å². The summed E-state index contributed by atoms with van der Waals surface area (Å²) < 4.78 is 31.8. The summed E-state index contributed by atoms with van der Waals surface area (Å²) in [6.45, 7) is 2.45. The van der Waals surface area contributed by atoms with Crippen LogP contribution in [0.25, 0.3) is 0 Å². The van der Waals surface area contributed by atoms with Gasteiger partial charge in [-0.25, -0.2) is 8.42 Å². The number of hydrogen-bond donors (Lipinski definition) is 1. The Labute approximate surface area is 158 Å². The third kappa shape index (κ3) is 4.28. The van der Waals surface area contributed by atoms with Gasteiger partial charge in [-0.15, -0.1) is 0 Å². The quantitative estimate of drug-likeness (QED) is 0.779. The van der Waals surface area contributed by atoms with Crippen LogP contribution >= 0.6 is 11.6 Å². The van der Waals surface area contributed by atoms with Gasteiger partial charge >= 0.3 is 0 Å². The number of carbonyl (C=O) groups excluding carboxylic acids is 1. The van der Waals surface area contributed by atoms with E-state index in [0.717, 1.165) is 10.7 Å². The molecule has 0 bridgehead atoms. The number of nitrogens with one attached hydrogen (secondary N) is 1. The standard InChI is InChI=1S/C18H21ClN2O4S/c1-4-11-20-18(22)16-12-13(5-10-17(16)19)21(2)26(23,24)15-8-6-14(25-3)7-9-15/h5-10,12H,4,11H2,1-3H3,(H,20,22). The number of hydrogen-bond acceptors (Lipinski definition) is 4. The summed E-state index contributed by atoms with van der Waals surface area (Å²) in [4.78, 5) is 12.3. The van der Waals surface area contributed by atoms with Crippen molar-refractivity contribution in [2.24, 2.45) is 0 Å². The Balaban J connectivity index is 2.35. The number of methoxy groups -OCH3 is 1. The van der Waals surface area contributed by atoms with Gasteiger partial charge in [-0.3, -0.25) is 9.10 Å². The fraction of sp³-hybridized carbons (Fsp3) is 0.278. The van der Waals surface area contributed by atoms with Crippen molar-refractivity contribution < 1.29 is 17.9 Å². The number of anilines is 1. The average molecular weight is 397 g/mol. The number of benzene rings is 2. The average Bonchev–Trinajstić information content (AvgIpc) is 2.65. The second kappa shape index (κ2) is 8.42. The van der Waals surface area contributed by atoms with E-state index in [2.05, 4.69) is 5.32 Å². The summed E-state index contributed by atoms with van der Waals surface area (Å²) in [7, 11) is -0.851. The van der Waals surface area contributed by atoms with Gasteiger partial charge in [0.15, 0.2) is 0 Å². The molecule has 0 aromatic heterocycles. The molecule has 0 fully saturated rings. The predicted octanol–water partition coefficient (Wildman–Crippen LogP) is 3.31. The van der Waals surface area contributed by atoms with E-state index in [1.807, 2.05) is 6.92 Å². The minimum atomic E-state index is -3.79. The summed E-state index contributed by atoms with van der Waals surface area (Å²) in [5.74, 6) is 0.224. The molecule has 0 radical (unpaired) electrons. The van der Waals surface area contributed by atoms with Gasteiger partial charge in [-0.2, -0.15) is 0 Å². The van der Waals surface area contributed by atoms with Crippen molar-refractivity contribution in [3.63, 3.8) is 0 Å². The van der Waals surface area contributed by atoms with Crippen molar-refractivity contribution in [2.75, 3.05) is 25.0 Å². The van der Waals surface area contributed by atoms with Crippen LogP contribution in [0.5, 0.6) is 5.75 Å². The molecule has 0 aliphatic heterocycles. The van der Waals surface area contributed by atoms with Gasteiger partial charge in [0.25, 0.3) is 15.9 Å². The van der Waals surface area contributed by atoms with Crippen LogP contribution in [0.15, 0.2) is 47.4 Å². The van der Waals surface area contributed by atoms with E-state index in [-0.39, 0.29) is 21.4 Å². The van der Waals surface area contributed by atoms with E-state index in [1.165, 1.54) is 38.4 Å². The molecule has 140 valence electrons. The number of carbonyl (C=O) groups is 1. The second-order valence-corrected chi connectivity index (χ2v) is 7.94. The van der Waals surface area contributed by atoms with Crippen LogP contribution in [0.3, 0.4) is 0 Å². The third-order valence-electron chi connectivity index (χ3n) is 3.81. The molecule has 0 heterocycles. The number of nitrogens with zero attached hydrogens (tertiary/aromatic N) is 1. The van der Waals surface area contributed by atoms with E-state index in [1.54, 1.807) is 18.2 Å². The van der Waals surface area contributed by atoms with Gasteiger partial charge in [-0.05, 0) is 48.9 Å². The molecule has 0 saturated carbocycles. The number of sulfonamides is 1. The largest absolute Gasteiger partial charge is 0.497 e. The fourth-order valence-electron chi connectivity index (χ4n) is 2.26. The van der Waals surface area contributed by atoms with Crippen LogP contribution in [0.4, 0.5) is 5.69 Å². The van der Waals surface area contributed by atoms with Crippen LogP contribution in [0.2, 0.25) is 5.02 Å². The monoisotopic (exact) mass is 396 g/mol. The maximum absolute atomic E-state index is 12.8. The first kappa shape index (κ1) is 20.1. The number of amides is 1. The first-order valence-electron chi connectivity index (χ1n) is 8.02. The van der Waals surface area contributed by atoms with E-state index in [4.69, 9.17) is 16.3 Å². The lowest BCUT2D eigenvalue weighted by atomic mass is 10.2. The SMILES string of the molecule is CCCNC(=O)c1cc(N(C)S(=O)(=O)c2ccc(OC)cc2)ccc1Cl. The minimum Gasteiger partial charge on any atom is -0.497 e. The van der Waals surface area contributed by atoms with Crippen molar-refractivity contribution in [1.29, 1.82) is 0 Å². The van der Waals surface area contributed by atoms with E-state index >= 15 is 0 Å². The van der Waals surface area contributed by atoms with Gasteiger partial charge in [0.05, 0.1) is 28.3 Å². The van der Waals surface area contributed by atoms with Crippen molar-refractivity contribution in [1.82, 2.24) is 5.32 Å². The molecule has 8 heteroatoms. The lowest BCUT2D eigenvalue weighted by Crippen LogP contribution is -2.28. The highest BCUT2D eigenvalue weighted by atomic mass is 35.5. The first-order chi connectivity index (χ1) is 12.3. The van der Waals surface area contributed by atoms with Gasteiger partial charge in [0.2, 0.25) is 0 Å². The summed E-state index contributed by atoms with van der Waals surface area (Å²) in [5, 5.41) is 3.00. The maximum atomic E-state index is 12.8. The zero-order valence-corrected chi connectivity index (χ0v) is 16.4. The molecule has 0 saturated heterocycles. The first-order valence-corrected chi connectivity index (χ1v) is 9.83. The molecule has 0 aliphatic carbocycles. The number of halogens is 1. The third-order valence-corrected chi connectivity index (χ3v) is 5.94. The molecule has 6 nitrogen and oxygen atoms in total. The highest BCUT2D eigenvalue weighted by molar-refractivity contribution is 7.92.